The third kappa shape index (κ3) is 4.57. The van der Waals surface area contributed by atoms with Crippen LogP contribution in [-0.4, -0.2) is 49.1 Å². The molecule has 0 unspecified atom stereocenters. The first-order chi connectivity index (χ1) is 12.2. The predicted octanol–water partition coefficient (Wildman–Crippen LogP) is 3.60. The van der Waals surface area contributed by atoms with E-state index < -0.39 is 0 Å². The van der Waals surface area contributed by atoms with Crippen molar-refractivity contribution in [2.24, 2.45) is 5.10 Å². The lowest BCUT2D eigenvalue weighted by molar-refractivity contribution is 0.272. The zero-order valence-corrected chi connectivity index (χ0v) is 15.0. The summed E-state index contributed by atoms with van der Waals surface area (Å²) < 4.78 is 5.40. The molecule has 6 heteroatoms. The van der Waals surface area contributed by atoms with Gasteiger partial charge in [0.05, 0.1) is 25.9 Å². The molecule has 2 aromatic carbocycles. The maximum atomic E-state index is 9.74. The second-order valence-electron chi connectivity index (χ2n) is 5.82. The Balaban J connectivity index is 1.57. The van der Waals surface area contributed by atoms with Crippen LogP contribution in [0, 0.1) is 0 Å². The molecule has 2 aromatic rings. The molecule has 3 rings (SSSR count). The normalized spacial score (nSPS) is 15.0. The summed E-state index contributed by atoms with van der Waals surface area (Å²) in [7, 11) is 0. The average molecular weight is 360 g/mol. The third-order valence-electron chi connectivity index (χ3n) is 4.10. The van der Waals surface area contributed by atoms with Crippen molar-refractivity contribution < 1.29 is 9.84 Å². The molecule has 0 spiro atoms. The fraction of sp³-hybridized carbons (Fsp3) is 0.316. The summed E-state index contributed by atoms with van der Waals surface area (Å²) in [6.07, 6.45) is 1.81. The van der Waals surface area contributed by atoms with Crippen molar-refractivity contribution in [2.45, 2.75) is 6.92 Å². The first-order valence-corrected chi connectivity index (χ1v) is 8.79. The van der Waals surface area contributed by atoms with Crippen molar-refractivity contribution >= 4 is 23.5 Å². The summed E-state index contributed by atoms with van der Waals surface area (Å²) in [6, 6.07) is 13.2. The number of hydrogen-bond acceptors (Lipinski definition) is 5. The van der Waals surface area contributed by atoms with E-state index in [0.717, 1.165) is 36.8 Å². The highest BCUT2D eigenvalue weighted by Crippen LogP contribution is 2.26. The zero-order chi connectivity index (χ0) is 17.6. The summed E-state index contributed by atoms with van der Waals surface area (Å²) in [6.45, 7) is 5.95. The van der Waals surface area contributed by atoms with Crippen LogP contribution < -0.4 is 9.64 Å². The number of benzene rings is 2. The van der Waals surface area contributed by atoms with E-state index >= 15 is 0 Å². The summed E-state index contributed by atoms with van der Waals surface area (Å²) in [5.74, 6) is 0.634. The minimum Gasteiger partial charge on any atom is -0.504 e. The molecule has 0 atom stereocenters. The summed E-state index contributed by atoms with van der Waals surface area (Å²) in [5.41, 5.74) is 2.09. The molecule has 132 valence electrons. The molecule has 0 aliphatic carbocycles. The number of anilines is 1. The lowest BCUT2D eigenvalue weighted by Crippen LogP contribution is -2.44. The van der Waals surface area contributed by atoms with E-state index in [0.29, 0.717) is 12.4 Å². The Morgan fingerprint density at radius 1 is 1.12 bits per heavy atom. The fourth-order valence-corrected chi connectivity index (χ4v) is 2.88. The molecule has 1 N–H and O–H groups in total. The van der Waals surface area contributed by atoms with Crippen LogP contribution in [0.25, 0.3) is 0 Å². The number of phenols is 1. The highest BCUT2D eigenvalue weighted by molar-refractivity contribution is 6.30. The Bertz CT molecular complexity index is 726. The van der Waals surface area contributed by atoms with Gasteiger partial charge in [-0.25, -0.2) is 0 Å². The van der Waals surface area contributed by atoms with Gasteiger partial charge in [-0.05, 0) is 55.0 Å². The minimum atomic E-state index is 0.149. The topological polar surface area (TPSA) is 48.3 Å². The predicted molar refractivity (Wildman–Crippen MR) is 102 cm³/mol. The SMILES string of the molecule is CCOc1cc(C=NN2CCN(c3ccc(Cl)cc3)CC2)ccc1O. The van der Waals surface area contributed by atoms with Crippen LogP contribution in [0.2, 0.25) is 5.02 Å². The number of hydrogen-bond donors (Lipinski definition) is 1. The molecule has 1 aliphatic rings. The van der Waals surface area contributed by atoms with Gasteiger partial charge < -0.3 is 14.7 Å². The van der Waals surface area contributed by atoms with E-state index in [1.807, 2.05) is 37.3 Å². The molecule has 0 radical (unpaired) electrons. The van der Waals surface area contributed by atoms with Crippen molar-refractivity contribution in [3.63, 3.8) is 0 Å². The first-order valence-electron chi connectivity index (χ1n) is 8.41. The molecule has 0 saturated carbocycles. The largest absolute Gasteiger partial charge is 0.504 e. The number of rotatable bonds is 5. The molecule has 1 heterocycles. The van der Waals surface area contributed by atoms with Crippen molar-refractivity contribution in [1.82, 2.24) is 5.01 Å². The number of halogens is 1. The minimum absolute atomic E-state index is 0.149. The maximum absolute atomic E-state index is 9.74. The van der Waals surface area contributed by atoms with E-state index in [2.05, 4.69) is 15.0 Å². The number of piperazine rings is 1. The number of ether oxygens (including phenoxy) is 1. The molecule has 1 saturated heterocycles. The Morgan fingerprint density at radius 2 is 1.84 bits per heavy atom. The van der Waals surface area contributed by atoms with Gasteiger partial charge in [-0.15, -0.1) is 0 Å². The third-order valence-corrected chi connectivity index (χ3v) is 4.35. The summed E-state index contributed by atoms with van der Waals surface area (Å²) >= 11 is 5.94. The fourth-order valence-electron chi connectivity index (χ4n) is 2.75. The van der Waals surface area contributed by atoms with E-state index in [1.54, 1.807) is 18.3 Å². The number of phenolic OH excluding ortho intramolecular Hbond substituents is 1. The second kappa shape index (κ2) is 8.12. The highest BCUT2D eigenvalue weighted by atomic mass is 35.5. The van der Waals surface area contributed by atoms with E-state index in [9.17, 15) is 5.11 Å². The molecular weight excluding hydrogens is 338 g/mol. The van der Waals surface area contributed by atoms with Crippen LogP contribution in [-0.2, 0) is 0 Å². The highest BCUT2D eigenvalue weighted by Gasteiger charge is 2.15. The van der Waals surface area contributed by atoms with Crippen molar-refractivity contribution in [3.05, 3.63) is 53.1 Å². The first kappa shape index (κ1) is 17.4. The smallest absolute Gasteiger partial charge is 0.161 e. The second-order valence-corrected chi connectivity index (χ2v) is 6.26. The van der Waals surface area contributed by atoms with E-state index in [-0.39, 0.29) is 5.75 Å². The van der Waals surface area contributed by atoms with Crippen molar-refractivity contribution in [2.75, 3.05) is 37.7 Å². The number of nitrogens with zero attached hydrogens (tertiary/aromatic N) is 3. The van der Waals surface area contributed by atoms with Gasteiger partial charge in [0, 0.05) is 23.8 Å². The van der Waals surface area contributed by atoms with Gasteiger partial charge in [-0.3, -0.25) is 5.01 Å². The molecule has 25 heavy (non-hydrogen) atoms. The summed E-state index contributed by atoms with van der Waals surface area (Å²) in [4.78, 5) is 2.33. The Morgan fingerprint density at radius 3 is 2.52 bits per heavy atom. The van der Waals surface area contributed by atoms with Crippen LogP contribution in [0.15, 0.2) is 47.6 Å². The molecule has 0 aromatic heterocycles. The maximum Gasteiger partial charge on any atom is 0.161 e. The van der Waals surface area contributed by atoms with E-state index in [4.69, 9.17) is 16.3 Å². The lowest BCUT2D eigenvalue weighted by atomic mass is 10.2. The molecule has 0 bridgehead atoms. The van der Waals surface area contributed by atoms with Gasteiger partial charge in [0.1, 0.15) is 0 Å². The molecule has 1 aliphatic heterocycles. The van der Waals surface area contributed by atoms with Gasteiger partial charge in [-0.1, -0.05) is 11.6 Å². The standard InChI is InChI=1S/C19H22ClN3O2/c1-2-25-19-13-15(3-8-18(19)24)14-21-23-11-9-22(10-12-23)17-6-4-16(20)5-7-17/h3-8,13-14,24H,2,9-12H2,1H3. The Labute approximate surface area is 153 Å². The quantitative estimate of drug-likeness (QED) is 0.829. The van der Waals surface area contributed by atoms with Gasteiger partial charge in [0.25, 0.3) is 0 Å². The number of aromatic hydroxyl groups is 1. The molecule has 5 nitrogen and oxygen atoms in total. The molecule has 1 fully saturated rings. The van der Waals surface area contributed by atoms with Crippen LogP contribution in [0.4, 0.5) is 5.69 Å². The van der Waals surface area contributed by atoms with Crippen LogP contribution in [0.1, 0.15) is 12.5 Å². The monoisotopic (exact) mass is 359 g/mol. The van der Waals surface area contributed by atoms with Gasteiger partial charge in [-0.2, -0.15) is 5.10 Å². The molecular formula is C19H22ClN3O2. The Hall–Kier alpha value is -2.40. The van der Waals surface area contributed by atoms with Gasteiger partial charge in [0.15, 0.2) is 11.5 Å². The number of hydrazone groups is 1. The Kier molecular flexibility index (Phi) is 5.66. The summed E-state index contributed by atoms with van der Waals surface area (Å²) in [5, 5.41) is 17.1. The van der Waals surface area contributed by atoms with Gasteiger partial charge >= 0.3 is 0 Å². The average Bonchev–Trinajstić information content (AvgIpc) is 2.64. The van der Waals surface area contributed by atoms with Crippen LogP contribution in [0.5, 0.6) is 11.5 Å². The van der Waals surface area contributed by atoms with Crippen molar-refractivity contribution in [3.8, 4) is 11.5 Å². The van der Waals surface area contributed by atoms with Crippen LogP contribution >= 0.6 is 11.6 Å². The molecule has 0 amide bonds. The van der Waals surface area contributed by atoms with E-state index in [1.165, 1.54) is 5.69 Å². The zero-order valence-electron chi connectivity index (χ0n) is 14.2. The van der Waals surface area contributed by atoms with Crippen LogP contribution in [0.3, 0.4) is 0 Å². The van der Waals surface area contributed by atoms with Crippen molar-refractivity contribution in [1.29, 1.82) is 0 Å². The van der Waals surface area contributed by atoms with Gasteiger partial charge in [0.2, 0.25) is 0 Å². The lowest BCUT2D eigenvalue weighted by Gasteiger charge is -2.34.